The summed E-state index contributed by atoms with van der Waals surface area (Å²) in [7, 11) is 0. The molecular formula is C46H78N2O35. The summed E-state index contributed by atoms with van der Waals surface area (Å²) in [6, 6.07) is -3.76. The predicted molar refractivity (Wildman–Crippen MR) is 255 cm³/mol. The normalized spacial score (nSPS) is 46.7. The van der Waals surface area contributed by atoms with Gasteiger partial charge in [-0.2, -0.15) is 0 Å². The lowest BCUT2D eigenvalue weighted by atomic mass is 9.93. The Balaban J connectivity index is 1.36. The van der Waals surface area contributed by atoms with Crippen LogP contribution in [0.25, 0.3) is 0 Å². The topological polar surface area (TPSA) is 591 Å². The summed E-state index contributed by atoms with van der Waals surface area (Å²) in [5.74, 6) is -1.85. The van der Waals surface area contributed by atoms with Gasteiger partial charge in [-0.1, -0.05) is 0 Å². The van der Waals surface area contributed by atoms with Crippen LogP contribution in [0, 0.1) is 0 Å². The van der Waals surface area contributed by atoms with Gasteiger partial charge in [0, 0.05) is 13.8 Å². The van der Waals surface area contributed by atoms with Gasteiger partial charge < -0.3 is 174 Å². The van der Waals surface area contributed by atoms with E-state index < -0.39 is 260 Å². The quantitative estimate of drug-likeness (QED) is 0.0399. The first-order chi connectivity index (χ1) is 39.2. The lowest BCUT2D eigenvalue weighted by Gasteiger charge is -2.52. The van der Waals surface area contributed by atoms with Crippen LogP contribution in [0.4, 0.5) is 0 Å². The summed E-state index contributed by atoms with van der Waals surface area (Å²) in [5, 5.41) is 220. The van der Waals surface area contributed by atoms with Crippen molar-refractivity contribution in [2.75, 3.05) is 39.6 Å². The first kappa shape index (κ1) is 69.4. The number of carbonyl (C=O) groups excluding carboxylic acids is 3. The van der Waals surface area contributed by atoms with Crippen LogP contribution in [0.2, 0.25) is 0 Å². The van der Waals surface area contributed by atoms with Gasteiger partial charge in [-0.15, -0.1) is 0 Å². The minimum atomic E-state index is -2.36. The van der Waals surface area contributed by atoms with E-state index in [1.54, 1.807) is 0 Å². The number of carbonyl (C=O) groups is 3. The van der Waals surface area contributed by atoms with Crippen molar-refractivity contribution in [2.24, 2.45) is 0 Å². The highest BCUT2D eigenvalue weighted by molar-refractivity contribution is 5.73. The van der Waals surface area contributed by atoms with Crippen LogP contribution in [0.1, 0.15) is 20.8 Å². The van der Waals surface area contributed by atoms with Crippen LogP contribution in [-0.2, 0) is 71.2 Å². The molecule has 6 saturated heterocycles. The molecule has 0 aromatic carbocycles. The maximum atomic E-state index is 13.2. The van der Waals surface area contributed by atoms with Crippen molar-refractivity contribution in [3.63, 3.8) is 0 Å². The molecule has 0 aromatic heterocycles. The van der Waals surface area contributed by atoms with Crippen molar-refractivity contribution in [1.29, 1.82) is 0 Å². The van der Waals surface area contributed by atoms with E-state index in [1.807, 2.05) is 0 Å². The van der Waals surface area contributed by atoms with Crippen LogP contribution >= 0.6 is 0 Å². The van der Waals surface area contributed by atoms with E-state index in [-0.39, 0.29) is 6.29 Å². The molecule has 34 unspecified atom stereocenters. The molecule has 6 rings (SSSR count). The molecule has 37 heteroatoms. The zero-order chi connectivity index (χ0) is 61.6. The SMILES string of the molecule is CC(=O)NC1C(OC2C(O)C(CO)OC(OC3C(CO)OC(OC4C(O)C(CO)OC(OC(C(O)CO)C(O)C(O)C=O)C4O)C(NC(C)=O)C3OC3OC(C)C(O)C(O)C3O)C2O)OC(CO)C(O)C1OC1OC(CO)C(O)C(O)C1O. The highest BCUT2D eigenvalue weighted by atomic mass is 16.8. The second kappa shape index (κ2) is 30.5. The Labute approximate surface area is 470 Å². The lowest BCUT2D eigenvalue weighted by Crippen LogP contribution is -2.72. The predicted octanol–water partition coefficient (Wildman–Crippen LogP) is -15.1. The molecule has 37 nitrogen and oxygen atoms in total. The van der Waals surface area contributed by atoms with Gasteiger partial charge in [0.25, 0.3) is 0 Å². The number of aliphatic hydroxyl groups is 20. The first-order valence-corrected chi connectivity index (χ1v) is 26.3. The molecule has 482 valence electrons. The van der Waals surface area contributed by atoms with Crippen molar-refractivity contribution in [2.45, 2.75) is 229 Å². The zero-order valence-electron chi connectivity index (χ0n) is 44.5. The minimum absolute atomic E-state index is 0.156. The Bertz CT molecular complexity index is 2030. The van der Waals surface area contributed by atoms with E-state index in [1.165, 1.54) is 6.92 Å². The molecular weight excluding hydrogens is 1140 g/mol. The minimum Gasteiger partial charge on any atom is -0.394 e. The molecule has 0 aromatic rings. The molecule has 0 spiro atoms. The van der Waals surface area contributed by atoms with Gasteiger partial charge in [-0.25, -0.2) is 0 Å². The summed E-state index contributed by atoms with van der Waals surface area (Å²) >= 11 is 0. The Hall–Kier alpha value is -2.67. The number of aliphatic hydroxyl groups excluding tert-OH is 20. The average molecular weight is 1220 g/mol. The fourth-order valence-electron chi connectivity index (χ4n) is 10.3. The van der Waals surface area contributed by atoms with Gasteiger partial charge in [-0.05, 0) is 6.92 Å². The second-order valence-corrected chi connectivity index (χ2v) is 20.7. The number of aldehydes is 1. The fourth-order valence-corrected chi connectivity index (χ4v) is 10.3. The molecule has 0 saturated carbocycles. The Morgan fingerprint density at radius 1 is 0.434 bits per heavy atom. The molecule has 6 aliphatic rings. The first-order valence-electron chi connectivity index (χ1n) is 26.3. The van der Waals surface area contributed by atoms with Gasteiger partial charge >= 0.3 is 0 Å². The Morgan fingerprint density at radius 3 is 1.27 bits per heavy atom. The zero-order valence-corrected chi connectivity index (χ0v) is 44.5. The molecule has 2 amide bonds. The summed E-state index contributed by atoms with van der Waals surface area (Å²) < 4.78 is 70.2. The van der Waals surface area contributed by atoms with Crippen molar-refractivity contribution in [1.82, 2.24) is 10.6 Å². The van der Waals surface area contributed by atoms with E-state index >= 15 is 0 Å². The molecule has 0 bridgehead atoms. The van der Waals surface area contributed by atoms with Gasteiger partial charge in [0.2, 0.25) is 11.8 Å². The van der Waals surface area contributed by atoms with E-state index in [4.69, 9.17) is 56.8 Å². The largest absolute Gasteiger partial charge is 0.394 e. The van der Waals surface area contributed by atoms with E-state index in [0.717, 1.165) is 13.8 Å². The molecule has 6 heterocycles. The van der Waals surface area contributed by atoms with Gasteiger partial charge in [0.05, 0.1) is 45.7 Å². The van der Waals surface area contributed by atoms with Crippen LogP contribution in [0.3, 0.4) is 0 Å². The van der Waals surface area contributed by atoms with Crippen LogP contribution in [0.5, 0.6) is 0 Å². The highest BCUT2D eigenvalue weighted by Crippen LogP contribution is 2.38. The molecule has 22 N–H and O–H groups in total. The molecule has 6 fully saturated rings. The Kier molecular flexibility index (Phi) is 25.5. The van der Waals surface area contributed by atoms with E-state index in [2.05, 4.69) is 10.6 Å². The monoisotopic (exact) mass is 1220 g/mol. The number of hydrogen-bond acceptors (Lipinski definition) is 35. The third-order valence-corrected chi connectivity index (χ3v) is 14.9. The maximum absolute atomic E-state index is 13.2. The second-order valence-electron chi connectivity index (χ2n) is 20.7. The number of ether oxygens (including phenoxy) is 12. The van der Waals surface area contributed by atoms with Gasteiger partial charge in [0.1, 0.15) is 165 Å². The summed E-state index contributed by atoms with van der Waals surface area (Å²) in [6.45, 7) is -3.37. The number of hydrogen-bond donors (Lipinski definition) is 22. The van der Waals surface area contributed by atoms with E-state index in [9.17, 15) is 117 Å². The smallest absolute Gasteiger partial charge is 0.217 e. The highest BCUT2D eigenvalue weighted by Gasteiger charge is 2.59. The van der Waals surface area contributed by atoms with Crippen LogP contribution in [0.15, 0.2) is 0 Å². The molecule has 0 radical (unpaired) electrons. The third-order valence-electron chi connectivity index (χ3n) is 14.9. The number of amides is 2. The van der Waals surface area contributed by atoms with Crippen molar-refractivity contribution < 1.29 is 173 Å². The standard InChI is InChI=1S/C46H78N2O35/c1-11-23(60)29(66)31(68)43(72-11)81-38-22(48-13(3)57)42(83-39-27(64)18(8-53)75-45(33(39)70)78-35(15(59)5-50)24(61)14(58)4-49)77-20(10-55)36(38)79-46-34(71)40(28(65)19(9-54)76-46)82-41-21(47-12(2)56)37(26(63)17(7-52)73-41)80-44-32(69)30(67)25(62)16(6-51)74-44/h4,11,14-46,50-55,58-71H,5-10H2,1-3H3,(H,47,56)(H,48,57). The van der Waals surface area contributed by atoms with Gasteiger partial charge in [-0.3, -0.25) is 9.59 Å². The molecule has 34 atom stereocenters. The molecule has 0 aliphatic carbocycles. The summed E-state index contributed by atoms with van der Waals surface area (Å²) in [4.78, 5) is 37.3. The average Bonchev–Trinajstić information content (AvgIpc) is 3.46. The number of nitrogens with one attached hydrogen (secondary N) is 2. The van der Waals surface area contributed by atoms with Crippen LogP contribution in [-0.4, -0.2) is 368 Å². The molecule has 83 heavy (non-hydrogen) atoms. The summed E-state index contributed by atoms with van der Waals surface area (Å²) in [5.41, 5.74) is 0. The number of rotatable bonds is 24. The fraction of sp³-hybridized carbons (Fsp3) is 0.935. The van der Waals surface area contributed by atoms with Crippen molar-refractivity contribution >= 4 is 18.1 Å². The third kappa shape index (κ3) is 15.4. The van der Waals surface area contributed by atoms with Crippen molar-refractivity contribution in [3.8, 4) is 0 Å². The van der Waals surface area contributed by atoms with E-state index in [0.29, 0.717) is 0 Å². The lowest BCUT2D eigenvalue weighted by molar-refractivity contribution is -0.394. The summed E-state index contributed by atoms with van der Waals surface area (Å²) in [6.07, 6.45) is -64.9. The maximum Gasteiger partial charge on any atom is 0.217 e. The Morgan fingerprint density at radius 2 is 0.795 bits per heavy atom. The molecule has 6 aliphatic heterocycles. The van der Waals surface area contributed by atoms with Gasteiger partial charge in [0.15, 0.2) is 44.0 Å². The van der Waals surface area contributed by atoms with Crippen LogP contribution < -0.4 is 10.6 Å². The van der Waals surface area contributed by atoms with Crippen molar-refractivity contribution in [3.05, 3.63) is 0 Å².